The molecular weight excluding hydrogens is 275 g/mol. The molecule has 2 aliphatic heterocycles. The lowest BCUT2D eigenvalue weighted by Crippen LogP contribution is -2.53. The van der Waals surface area contributed by atoms with Gasteiger partial charge < -0.3 is 15.0 Å². The van der Waals surface area contributed by atoms with Crippen molar-refractivity contribution in [3.05, 3.63) is 0 Å². The molecule has 0 spiro atoms. The van der Waals surface area contributed by atoms with Crippen LogP contribution in [0.5, 0.6) is 0 Å². The number of hydrogen-bond acceptors (Lipinski definition) is 4. The van der Waals surface area contributed by atoms with E-state index in [4.69, 9.17) is 4.74 Å². The van der Waals surface area contributed by atoms with Gasteiger partial charge in [-0.25, -0.2) is 0 Å². The fourth-order valence-electron chi connectivity index (χ4n) is 2.55. The molecule has 0 aromatic rings. The van der Waals surface area contributed by atoms with Crippen molar-refractivity contribution in [2.45, 2.75) is 18.6 Å². The Morgan fingerprint density at radius 1 is 1.25 bits per heavy atom. The van der Waals surface area contributed by atoms with Gasteiger partial charge in [0.25, 0.3) is 0 Å². The van der Waals surface area contributed by atoms with Gasteiger partial charge in [-0.1, -0.05) is 0 Å². The van der Waals surface area contributed by atoms with E-state index < -0.39 is 12.7 Å². The number of amides is 1. The summed E-state index contributed by atoms with van der Waals surface area (Å²) in [6.07, 6.45) is -3.62. The molecule has 0 aliphatic carbocycles. The summed E-state index contributed by atoms with van der Waals surface area (Å²) in [4.78, 5) is 15.2. The third-order valence-electron chi connectivity index (χ3n) is 3.52. The maximum atomic E-state index is 12.4. The zero-order chi connectivity index (χ0) is 14.6. The van der Waals surface area contributed by atoms with Crippen LogP contribution in [0.2, 0.25) is 0 Å². The molecule has 8 heteroatoms. The summed E-state index contributed by atoms with van der Waals surface area (Å²) in [5.41, 5.74) is 0. The Morgan fingerprint density at radius 3 is 2.70 bits per heavy atom. The Hall–Kier alpha value is -0.860. The van der Waals surface area contributed by atoms with E-state index >= 15 is 0 Å². The summed E-state index contributed by atoms with van der Waals surface area (Å²) in [6.45, 7) is 2.13. The van der Waals surface area contributed by atoms with Crippen LogP contribution in [0.4, 0.5) is 13.2 Å². The maximum Gasteiger partial charge on any atom is 0.401 e. The normalized spacial score (nSPS) is 26.4. The van der Waals surface area contributed by atoms with Gasteiger partial charge in [0.05, 0.1) is 19.8 Å². The third-order valence-corrected chi connectivity index (χ3v) is 3.52. The highest BCUT2D eigenvalue weighted by Crippen LogP contribution is 2.17. The largest absolute Gasteiger partial charge is 0.401 e. The summed E-state index contributed by atoms with van der Waals surface area (Å²) < 4.78 is 42.4. The van der Waals surface area contributed by atoms with Gasteiger partial charge in [0.1, 0.15) is 6.04 Å². The van der Waals surface area contributed by atoms with Crippen molar-refractivity contribution in [3.63, 3.8) is 0 Å². The second kappa shape index (κ2) is 6.73. The molecule has 2 saturated heterocycles. The Bertz CT molecular complexity index is 332. The second-order valence-corrected chi connectivity index (χ2v) is 5.15. The summed E-state index contributed by atoms with van der Waals surface area (Å²) in [5.74, 6) is -0.0708. The van der Waals surface area contributed by atoms with E-state index in [1.54, 1.807) is 4.90 Å². The highest BCUT2D eigenvalue weighted by atomic mass is 19.4. The van der Waals surface area contributed by atoms with Crippen LogP contribution in [0.3, 0.4) is 0 Å². The molecule has 2 fully saturated rings. The first kappa shape index (κ1) is 15.5. The van der Waals surface area contributed by atoms with Crippen LogP contribution in [0.15, 0.2) is 0 Å². The zero-order valence-corrected chi connectivity index (χ0v) is 11.3. The number of morpholine rings is 1. The molecule has 116 valence electrons. The molecule has 1 amide bonds. The van der Waals surface area contributed by atoms with E-state index in [0.29, 0.717) is 45.8 Å². The van der Waals surface area contributed by atoms with Gasteiger partial charge in [0.15, 0.2) is 0 Å². The number of halogens is 3. The molecule has 2 heterocycles. The van der Waals surface area contributed by atoms with Crippen LogP contribution in [-0.4, -0.2) is 80.4 Å². The minimum atomic E-state index is -4.18. The van der Waals surface area contributed by atoms with Crippen LogP contribution in [0.1, 0.15) is 6.42 Å². The fourth-order valence-corrected chi connectivity index (χ4v) is 2.55. The van der Waals surface area contributed by atoms with E-state index in [9.17, 15) is 18.0 Å². The number of carbonyl (C=O) groups excluding carboxylic acids is 1. The molecule has 2 aliphatic rings. The molecule has 20 heavy (non-hydrogen) atoms. The van der Waals surface area contributed by atoms with Crippen LogP contribution >= 0.6 is 0 Å². The lowest BCUT2D eigenvalue weighted by Gasteiger charge is -2.29. The Labute approximate surface area is 116 Å². The topological polar surface area (TPSA) is 44.8 Å². The van der Waals surface area contributed by atoms with Crippen molar-refractivity contribution in [1.29, 1.82) is 0 Å². The van der Waals surface area contributed by atoms with Crippen molar-refractivity contribution >= 4 is 5.91 Å². The molecule has 5 nitrogen and oxygen atoms in total. The van der Waals surface area contributed by atoms with Gasteiger partial charge >= 0.3 is 6.18 Å². The van der Waals surface area contributed by atoms with Crippen molar-refractivity contribution in [3.8, 4) is 0 Å². The van der Waals surface area contributed by atoms with Gasteiger partial charge in [0, 0.05) is 32.7 Å². The zero-order valence-electron chi connectivity index (χ0n) is 11.3. The van der Waals surface area contributed by atoms with Gasteiger partial charge in [-0.2, -0.15) is 13.2 Å². The molecule has 0 radical (unpaired) electrons. The van der Waals surface area contributed by atoms with E-state index in [-0.39, 0.29) is 18.5 Å². The quantitative estimate of drug-likeness (QED) is 0.783. The molecule has 1 N–H and O–H groups in total. The highest BCUT2D eigenvalue weighted by Gasteiger charge is 2.33. The first-order valence-electron chi connectivity index (χ1n) is 6.85. The lowest BCUT2D eigenvalue weighted by atomic mass is 10.2. The van der Waals surface area contributed by atoms with Crippen molar-refractivity contribution < 1.29 is 22.7 Å². The molecular formula is C12H20F3N3O2. The number of ether oxygens (including phenoxy) is 1. The Kier molecular flexibility index (Phi) is 5.22. The average Bonchev–Trinajstić information content (AvgIpc) is 2.63. The minimum absolute atomic E-state index is 0.0708. The van der Waals surface area contributed by atoms with Crippen LogP contribution in [-0.2, 0) is 9.53 Å². The smallest absolute Gasteiger partial charge is 0.378 e. The van der Waals surface area contributed by atoms with Crippen LogP contribution in [0.25, 0.3) is 0 Å². The predicted molar refractivity (Wildman–Crippen MR) is 66.3 cm³/mol. The number of nitrogens with one attached hydrogen (secondary N) is 1. The number of alkyl halides is 3. The molecule has 0 bridgehead atoms. The number of carbonyl (C=O) groups is 1. The Morgan fingerprint density at radius 2 is 2.05 bits per heavy atom. The summed E-state index contributed by atoms with van der Waals surface area (Å²) in [5, 5.41) is 3.08. The lowest BCUT2D eigenvalue weighted by molar-refractivity contribution is -0.145. The highest BCUT2D eigenvalue weighted by molar-refractivity contribution is 5.82. The van der Waals surface area contributed by atoms with Crippen LogP contribution in [0, 0.1) is 0 Å². The predicted octanol–water partition coefficient (Wildman–Crippen LogP) is 0.0714. The van der Waals surface area contributed by atoms with E-state index in [1.165, 1.54) is 4.90 Å². The second-order valence-electron chi connectivity index (χ2n) is 5.15. The third kappa shape index (κ3) is 4.60. The molecule has 0 saturated carbocycles. The van der Waals surface area contributed by atoms with Crippen LogP contribution < -0.4 is 5.32 Å². The van der Waals surface area contributed by atoms with Gasteiger partial charge in [-0.3, -0.25) is 9.69 Å². The van der Waals surface area contributed by atoms with E-state index in [0.717, 1.165) is 0 Å². The average molecular weight is 295 g/mol. The summed E-state index contributed by atoms with van der Waals surface area (Å²) in [6, 6.07) is -0.363. The minimum Gasteiger partial charge on any atom is -0.378 e. The molecule has 1 atom stereocenters. The SMILES string of the molecule is O=C(C1COCCN1)N1CCCN(CC(F)(F)F)CC1. The monoisotopic (exact) mass is 295 g/mol. The van der Waals surface area contributed by atoms with Gasteiger partial charge in [-0.05, 0) is 6.42 Å². The first-order valence-corrected chi connectivity index (χ1v) is 6.85. The maximum absolute atomic E-state index is 12.4. The Balaban J connectivity index is 1.84. The molecule has 2 rings (SSSR count). The standard InChI is InChI=1S/C12H20F3N3O2/c13-12(14,15)9-17-3-1-4-18(6-5-17)11(19)10-8-20-7-2-16-10/h10,16H,1-9H2. The fraction of sp³-hybridized carbons (Fsp3) is 0.917. The molecule has 1 unspecified atom stereocenters. The van der Waals surface area contributed by atoms with Gasteiger partial charge in [-0.15, -0.1) is 0 Å². The van der Waals surface area contributed by atoms with Crippen molar-refractivity contribution in [1.82, 2.24) is 15.1 Å². The van der Waals surface area contributed by atoms with E-state index in [1.807, 2.05) is 0 Å². The summed E-state index contributed by atoms with van der Waals surface area (Å²) in [7, 11) is 0. The van der Waals surface area contributed by atoms with Crippen molar-refractivity contribution in [2.24, 2.45) is 0 Å². The summed E-state index contributed by atoms with van der Waals surface area (Å²) >= 11 is 0. The number of hydrogen-bond donors (Lipinski definition) is 1. The number of rotatable bonds is 2. The van der Waals surface area contributed by atoms with Gasteiger partial charge in [0.2, 0.25) is 5.91 Å². The van der Waals surface area contributed by atoms with E-state index in [2.05, 4.69) is 5.32 Å². The first-order chi connectivity index (χ1) is 9.46. The molecule has 0 aromatic carbocycles. The van der Waals surface area contributed by atoms with Crippen molar-refractivity contribution in [2.75, 3.05) is 52.5 Å². The molecule has 0 aromatic heterocycles. The number of nitrogens with zero attached hydrogens (tertiary/aromatic N) is 2.